The normalized spacial score (nSPS) is 11.6. The topological polar surface area (TPSA) is 118 Å². The number of carbonyl (C=O) groups is 2. The monoisotopic (exact) mass is 337 g/mol. The average molecular weight is 337 g/mol. The minimum Gasteiger partial charge on any atom is -0.426 e. The van der Waals surface area contributed by atoms with E-state index in [1.54, 1.807) is 6.92 Å². The van der Waals surface area contributed by atoms with Crippen LogP contribution in [0.4, 0.5) is 9.18 Å². The number of nitrogens with two attached hydrogens (primary N) is 1. The molecule has 1 heterocycles. The molecule has 24 heavy (non-hydrogen) atoms. The van der Waals surface area contributed by atoms with Crippen molar-refractivity contribution in [1.82, 2.24) is 10.4 Å². The Morgan fingerprint density at radius 1 is 1.33 bits per heavy atom. The third kappa shape index (κ3) is 4.71. The first-order valence-corrected chi connectivity index (χ1v) is 6.95. The van der Waals surface area contributed by atoms with Crippen molar-refractivity contribution in [3.05, 3.63) is 48.0 Å². The van der Waals surface area contributed by atoms with Crippen LogP contribution in [0.3, 0.4) is 0 Å². The summed E-state index contributed by atoms with van der Waals surface area (Å²) in [5, 5.41) is 12.0. The van der Waals surface area contributed by atoms with E-state index in [0.29, 0.717) is 5.75 Å². The molecule has 1 aromatic heterocycles. The number of amides is 3. The summed E-state index contributed by atoms with van der Waals surface area (Å²) in [6, 6.07) is 6.53. The van der Waals surface area contributed by atoms with Gasteiger partial charge < -0.3 is 20.2 Å². The van der Waals surface area contributed by atoms with Gasteiger partial charge in [-0.15, -0.1) is 0 Å². The number of rotatable bonds is 6. The number of carbonyl (C=O) groups excluding carboxylic acids is 2. The van der Waals surface area contributed by atoms with Crippen molar-refractivity contribution in [2.75, 3.05) is 6.54 Å². The maximum absolute atomic E-state index is 12.8. The Balaban J connectivity index is 1.93. The van der Waals surface area contributed by atoms with Crippen LogP contribution in [0.5, 0.6) is 11.7 Å². The number of nitrogens with one attached hydrogen (secondary N) is 1. The Kier molecular flexibility index (Phi) is 5.38. The van der Waals surface area contributed by atoms with Gasteiger partial charge >= 0.3 is 6.03 Å². The van der Waals surface area contributed by atoms with Gasteiger partial charge in [-0.05, 0) is 37.3 Å². The maximum atomic E-state index is 12.8. The molecule has 1 aromatic carbocycles. The predicted octanol–water partition coefficient (Wildman–Crippen LogP) is 2.10. The molecule has 2 rings (SSSR count). The van der Waals surface area contributed by atoms with Crippen LogP contribution in [0.2, 0.25) is 0 Å². The first kappa shape index (κ1) is 17.3. The van der Waals surface area contributed by atoms with E-state index in [-0.39, 0.29) is 23.3 Å². The number of primary amides is 1. The molecule has 0 bridgehead atoms. The number of furan rings is 1. The van der Waals surface area contributed by atoms with Gasteiger partial charge in [0.15, 0.2) is 5.76 Å². The summed E-state index contributed by atoms with van der Waals surface area (Å²) in [6.45, 7) is 1.39. The van der Waals surface area contributed by atoms with Crippen molar-refractivity contribution in [3.63, 3.8) is 0 Å². The van der Waals surface area contributed by atoms with E-state index in [9.17, 15) is 19.2 Å². The molecule has 8 nitrogen and oxygen atoms in total. The van der Waals surface area contributed by atoms with Gasteiger partial charge in [-0.25, -0.2) is 14.2 Å². The molecular formula is C15H16FN3O5. The molecule has 0 spiro atoms. The molecule has 9 heteroatoms. The standard InChI is InChI=1S/C15H16FN3O5/c1-9(8-19(22)15(17)21)18-14(20)12-6-7-13(24-12)23-11-4-2-10(16)3-5-11/h2-7,9,22H,8H2,1H3,(H2,17,21)(H,18,20)/t9-/m0/s1. The van der Waals surface area contributed by atoms with Crippen LogP contribution < -0.4 is 15.8 Å². The molecule has 0 aliphatic rings. The van der Waals surface area contributed by atoms with Crippen molar-refractivity contribution in [3.8, 4) is 11.7 Å². The number of nitrogens with zero attached hydrogens (tertiary/aromatic N) is 1. The van der Waals surface area contributed by atoms with Crippen molar-refractivity contribution in [2.24, 2.45) is 5.73 Å². The Morgan fingerprint density at radius 2 is 2.00 bits per heavy atom. The lowest BCUT2D eigenvalue weighted by Gasteiger charge is -2.18. The lowest BCUT2D eigenvalue weighted by molar-refractivity contribution is -0.0440. The largest absolute Gasteiger partial charge is 0.426 e. The van der Waals surface area contributed by atoms with Crippen molar-refractivity contribution >= 4 is 11.9 Å². The minimum absolute atomic E-state index is 0.0254. The summed E-state index contributed by atoms with van der Waals surface area (Å²) in [5.41, 5.74) is 4.88. The molecule has 0 aliphatic carbocycles. The van der Waals surface area contributed by atoms with Gasteiger partial charge in [0.1, 0.15) is 11.6 Å². The molecule has 0 fully saturated rings. The molecule has 0 saturated heterocycles. The molecular weight excluding hydrogens is 321 g/mol. The van der Waals surface area contributed by atoms with Gasteiger partial charge in [0.2, 0.25) is 0 Å². The van der Waals surface area contributed by atoms with Crippen molar-refractivity contribution in [2.45, 2.75) is 13.0 Å². The number of hydrogen-bond acceptors (Lipinski definition) is 5. The van der Waals surface area contributed by atoms with E-state index < -0.39 is 23.8 Å². The highest BCUT2D eigenvalue weighted by Crippen LogP contribution is 2.23. The van der Waals surface area contributed by atoms with Gasteiger partial charge in [-0.2, -0.15) is 0 Å². The second-order valence-electron chi connectivity index (χ2n) is 4.97. The van der Waals surface area contributed by atoms with E-state index in [4.69, 9.17) is 14.9 Å². The number of ether oxygens (including phenoxy) is 1. The lowest BCUT2D eigenvalue weighted by atomic mass is 10.3. The van der Waals surface area contributed by atoms with Crippen LogP contribution in [0.25, 0.3) is 0 Å². The Bertz CT molecular complexity index is 716. The number of halogens is 1. The molecule has 4 N–H and O–H groups in total. The minimum atomic E-state index is -1.02. The quantitative estimate of drug-likeness (QED) is 0.551. The van der Waals surface area contributed by atoms with Crippen molar-refractivity contribution in [1.29, 1.82) is 0 Å². The zero-order valence-electron chi connectivity index (χ0n) is 12.7. The molecule has 0 radical (unpaired) electrons. The van der Waals surface area contributed by atoms with E-state index in [1.165, 1.54) is 36.4 Å². The summed E-state index contributed by atoms with van der Waals surface area (Å²) in [7, 11) is 0. The molecule has 0 saturated carbocycles. The molecule has 0 aliphatic heterocycles. The second kappa shape index (κ2) is 7.47. The van der Waals surface area contributed by atoms with E-state index >= 15 is 0 Å². The number of hydrogen-bond donors (Lipinski definition) is 3. The highest BCUT2D eigenvalue weighted by atomic mass is 19.1. The van der Waals surface area contributed by atoms with Crippen molar-refractivity contribution < 1.29 is 28.3 Å². The summed E-state index contributed by atoms with van der Waals surface area (Å²) < 4.78 is 23.4. The highest BCUT2D eigenvalue weighted by molar-refractivity contribution is 5.91. The van der Waals surface area contributed by atoms with E-state index in [1.807, 2.05) is 0 Å². The molecule has 128 valence electrons. The smallest absolute Gasteiger partial charge is 0.338 e. The van der Waals surface area contributed by atoms with Gasteiger partial charge in [-0.1, -0.05) is 0 Å². The van der Waals surface area contributed by atoms with Crippen LogP contribution in [-0.2, 0) is 0 Å². The summed E-state index contributed by atoms with van der Waals surface area (Å²) >= 11 is 0. The number of urea groups is 1. The van der Waals surface area contributed by atoms with E-state index in [2.05, 4.69) is 5.32 Å². The average Bonchev–Trinajstić information content (AvgIpc) is 2.98. The number of benzene rings is 1. The zero-order valence-corrected chi connectivity index (χ0v) is 12.7. The van der Waals surface area contributed by atoms with Gasteiger partial charge in [-0.3, -0.25) is 10.0 Å². The molecule has 0 unspecified atom stereocenters. The first-order chi connectivity index (χ1) is 11.3. The highest BCUT2D eigenvalue weighted by Gasteiger charge is 2.17. The third-order valence-corrected chi connectivity index (χ3v) is 2.92. The molecule has 3 amide bonds. The lowest BCUT2D eigenvalue weighted by Crippen LogP contribution is -2.44. The summed E-state index contributed by atoms with van der Waals surface area (Å²) in [4.78, 5) is 22.7. The van der Waals surface area contributed by atoms with Crippen LogP contribution in [0, 0.1) is 5.82 Å². The fourth-order valence-corrected chi connectivity index (χ4v) is 1.81. The van der Waals surface area contributed by atoms with Crippen LogP contribution in [0.15, 0.2) is 40.8 Å². The summed E-state index contributed by atoms with van der Waals surface area (Å²) in [5.74, 6) is -0.578. The third-order valence-electron chi connectivity index (χ3n) is 2.92. The van der Waals surface area contributed by atoms with Gasteiger partial charge in [0, 0.05) is 12.1 Å². The van der Waals surface area contributed by atoms with Crippen LogP contribution in [-0.4, -0.2) is 34.8 Å². The van der Waals surface area contributed by atoms with Crippen LogP contribution in [0.1, 0.15) is 17.5 Å². The SMILES string of the molecule is C[C@@H](CN(O)C(N)=O)NC(=O)c1ccc(Oc2ccc(F)cc2)o1. The Hall–Kier alpha value is -3.07. The van der Waals surface area contributed by atoms with Crippen LogP contribution >= 0.6 is 0 Å². The van der Waals surface area contributed by atoms with E-state index in [0.717, 1.165) is 0 Å². The van der Waals surface area contributed by atoms with Gasteiger partial charge in [0.05, 0.1) is 6.54 Å². The van der Waals surface area contributed by atoms with Gasteiger partial charge in [0.25, 0.3) is 11.9 Å². The Morgan fingerprint density at radius 3 is 2.62 bits per heavy atom. The maximum Gasteiger partial charge on any atom is 0.338 e. The first-order valence-electron chi connectivity index (χ1n) is 6.95. The fourth-order valence-electron chi connectivity index (χ4n) is 1.81. The predicted molar refractivity (Wildman–Crippen MR) is 80.2 cm³/mol. The molecule has 2 aromatic rings. The fraction of sp³-hybridized carbons (Fsp3) is 0.200. The molecule has 1 atom stereocenters. The summed E-state index contributed by atoms with van der Waals surface area (Å²) in [6.07, 6.45) is 0. The Labute approximate surface area is 136 Å². The number of hydroxylamine groups is 2. The zero-order chi connectivity index (χ0) is 17.7. The second-order valence-corrected chi connectivity index (χ2v) is 4.97.